The molecule has 3 aliphatic heterocycles. The normalized spacial score (nSPS) is 31.1. The quantitative estimate of drug-likeness (QED) is 0.607. The number of sulfonamides is 1. The van der Waals surface area contributed by atoms with Crippen molar-refractivity contribution in [2.45, 2.75) is 68.1 Å². The highest BCUT2D eigenvalue weighted by molar-refractivity contribution is 7.89. The van der Waals surface area contributed by atoms with Gasteiger partial charge < -0.3 is 4.90 Å². The number of carbonyl (C=O) groups excluding carboxylic acids is 1. The summed E-state index contributed by atoms with van der Waals surface area (Å²) in [5.41, 5.74) is 1.46. The van der Waals surface area contributed by atoms with Crippen molar-refractivity contribution in [1.29, 1.82) is 0 Å². The summed E-state index contributed by atoms with van der Waals surface area (Å²) in [7, 11) is -3.71. The number of hydrogen-bond donors (Lipinski definition) is 0. The maximum absolute atomic E-state index is 13.5. The van der Waals surface area contributed by atoms with Crippen LogP contribution in [0, 0.1) is 11.8 Å². The van der Waals surface area contributed by atoms with Gasteiger partial charge in [-0.05, 0) is 62.1 Å². The Hall–Kier alpha value is -0.820. The summed E-state index contributed by atoms with van der Waals surface area (Å²) in [4.78, 5) is 14.9. The maximum atomic E-state index is 13.5. The zero-order valence-corrected chi connectivity index (χ0v) is 19.8. The van der Waals surface area contributed by atoms with Crippen LogP contribution in [0.5, 0.6) is 0 Å². The molecule has 1 fully saturated rings. The minimum atomic E-state index is -3.71. The van der Waals surface area contributed by atoms with Crippen LogP contribution in [0.1, 0.15) is 64.5 Å². The number of benzene rings is 1. The molecule has 3 aliphatic rings. The first kappa shape index (κ1) is 21.4. The Morgan fingerprint density at radius 3 is 2.24 bits per heavy atom. The number of piperidine rings is 1. The predicted octanol–water partition coefficient (Wildman–Crippen LogP) is 4.62. The molecule has 29 heavy (non-hydrogen) atoms. The van der Waals surface area contributed by atoms with E-state index in [4.69, 9.17) is 23.2 Å². The second-order valence-electron chi connectivity index (χ2n) is 9.81. The van der Waals surface area contributed by atoms with Gasteiger partial charge in [0.15, 0.2) is 0 Å². The fraction of sp³-hybridized carbons (Fsp3) is 0.667. The fourth-order valence-electron chi connectivity index (χ4n) is 5.48. The van der Waals surface area contributed by atoms with Crippen molar-refractivity contribution in [2.75, 3.05) is 18.0 Å². The first-order chi connectivity index (χ1) is 13.3. The minimum Gasteiger partial charge on any atom is -0.303 e. The average Bonchev–Trinajstić information content (AvgIpc) is 2.79. The molecule has 0 spiro atoms. The highest BCUT2D eigenvalue weighted by Gasteiger charge is 2.56. The SMILES string of the molecule is CC1CC(C)CN(S(=O)(=O)c2cc3c4c(c2)C(Cl)(Cl)C(=O)N4C(C)(C)CC3C)C1. The van der Waals surface area contributed by atoms with Gasteiger partial charge >= 0.3 is 0 Å². The van der Waals surface area contributed by atoms with E-state index in [1.165, 1.54) is 6.07 Å². The van der Waals surface area contributed by atoms with Crippen molar-refractivity contribution in [2.24, 2.45) is 11.8 Å². The van der Waals surface area contributed by atoms with E-state index >= 15 is 0 Å². The number of amides is 1. The average molecular weight is 459 g/mol. The lowest BCUT2D eigenvalue weighted by Crippen LogP contribution is -2.51. The van der Waals surface area contributed by atoms with Gasteiger partial charge in [-0.25, -0.2) is 8.42 Å². The number of carbonyl (C=O) groups is 1. The second-order valence-corrected chi connectivity index (χ2v) is 13.1. The number of halogens is 2. The zero-order valence-electron chi connectivity index (χ0n) is 17.5. The Morgan fingerprint density at radius 1 is 1.07 bits per heavy atom. The Bertz CT molecular complexity index is 980. The molecule has 0 saturated carbocycles. The first-order valence-corrected chi connectivity index (χ1v) is 12.4. The highest BCUT2D eigenvalue weighted by Crippen LogP contribution is 2.57. The Balaban J connectivity index is 1.89. The van der Waals surface area contributed by atoms with Crippen LogP contribution in [0.2, 0.25) is 0 Å². The molecule has 3 unspecified atom stereocenters. The predicted molar refractivity (Wildman–Crippen MR) is 116 cm³/mol. The molecule has 8 heteroatoms. The standard InChI is InChI=1S/C21H28Cl2N2O3S/c1-12-6-13(2)11-24(10-12)29(27,28)15-7-16-14(3)9-20(4,5)25-18(16)17(8-15)21(22,23)19(25)26/h7-8,12-14H,6,9-11H2,1-5H3. The number of hydrogen-bond acceptors (Lipinski definition) is 3. The summed E-state index contributed by atoms with van der Waals surface area (Å²) < 4.78 is 26.8. The van der Waals surface area contributed by atoms with Crippen LogP contribution in [0.25, 0.3) is 0 Å². The van der Waals surface area contributed by atoms with Gasteiger partial charge in [0.2, 0.25) is 14.4 Å². The lowest BCUT2D eigenvalue weighted by molar-refractivity contribution is -0.119. The van der Waals surface area contributed by atoms with E-state index in [-0.39, 0.29) is 10.8 Å². The van der Waals surface area contributed by atoms with Gasteiger partial charge in [-0.1, -0.05) is 44.0 Å². The summed E-state index contributed by atoms with van der Waals surface area (Å²) in [5, 5.41) is 0. The van der Waals surface area contributed by atoms with Crippen molar-refractivity contribution >= 4 is 44.8 Å². The molecule has 0 bridgehead atoms. The monoisotopic (exact) mass is 458 g/mol. The summed E-state index contributed by atoms with van der Waals surface area (Å²) in [6.45, 7) is 11.2. The largest absolute Gasteiger partial charge is 0.303 e. The molecule has 0 aliphatic carbocycles. The molecule has 0 radical (unpaired) electrons. The van der Waals surface area contributed by atoms with Crippen LogP contribution >= 0.6 is 23.2 Å². The van der Waals surface area contributed by atoms with E-state index in [0.29, 0.717) is 42.6 Å². The van der Waals surface area contributed by atoms with E-state index in [0.717, 1.165) is 12.0 Å². The van der Waals surface area contributed by atoms with Gasteiger partial charge in [-0.2, -0.15) is 4.31 Å². The molecule has 3 heterocycles. The molecular formula is C21H28Cl2N2O3S. The molecule has 0 N–H and O–H groups in total. The van der Waals surface area contributed by atoms with Gasteiger partial charge in [0, 0.05) is 24.2 Å². The minimum absolute atomic E-state index is 0.0828. The van der Waals surface area contributed by atoms with Crippen molar-refractivity contribution < 1.29 is 13.2 Å². The molecular weight excluding hydrogens is 431 g/mol. The second kappa shape index (κ2) is 6.59. The van der Waals surface area contributed by atoms with Crippen molar-refractivity contribution in [3.8, 4) is 0 Å². The molecule has 4 rings (SSSR count). The lowest BCUT2D eigenvalue weighted by Gasteiger charge is -2.44. The van der Waals surface area contributed by atoms with Crippen LogP contribution in [0.3, 0.4) is 0 Å². The van der Waals surface area contributed by atoms with Crippen molar-refractivity contribution in [3.05, 3.63) is 23.3 Å². The van der Waals surface area contributed by atoms with E-state index in [1.54, 1.807) is 15.3 Å². The number of rotatable bonds is 2. The molecule has 1 amide bonds. The van der Waals surface area contributed by atoms with Crippen LogP contribution in [0.15, 0.2) is 17.0 Å². The third kappa shape index (κ3) is 3.13. The summed E-state index contributed by atoms with van der Waals surface area (Å²) in [5.74, 6) is 0.291. The van der Waals surface area contributed by atoms with Crippen molar-refractivity contribution in [1.82, 2.24) is 4.31 Å². The number of alkyl halides is 2. The summed E-state index contributed by atoms with van der Waals surface area (Å²) >= 11 is 13.0. The van der Waals surface area contributed by atoms with E-state index in [2.05, 4.69) is 20.8 Å². The third-order valence-corrected chi connectivity index (χ3v) is 9.10. The number of anilines is 1. The third-order valence-electron chi connectivity index (χ3n) is 6.56. The topological polar surface area (TPSA) is 57.7 Å². The molecule has 1 aromatic carbocycles. The van der Waals surface area contributed by atoms with Gasteiger partial charge in [-0.3, -0.25) is 4.79 Å². The molecule has 160 valence electrons. The van der Waals surface area contributed by atoms with Crippen LogP contribution in [0.4, 0.5) is 5.69 Å². The summed E-state index contributed by atoms with van der Waals surface area (Å²) in [6.07, 6.45) is 1.72. The molecule has 3 atom stereocenters. The van der Waals surface area contributed by atoms with E-state index in [1.807, 2.05) is 13.8 Å². The fourth-order valence-corrected chi connectivity index (χ4v) is 7.68. The molecule has 1 saturated heterocycles. The Morgan fingerprint density at radius 2 is 1.66 bits per heavy atom. The van der Waals surface area contributed by atoms with Gasteiger partial charge in [0.25, 0.3) is 5.91 Å². The molecule has 0 aromatic heterocycles. The maximum Gasteiger partial charge on any atom is 0.268 e. The summed E-state index contributed by atoms with van der Waals surface area (Å²) in [6, 6.07) is 3.25. The Kier molecular flexibility index (Phi) is 4.86. The van der Waals surface area contributed by atoms with E-state index in [9.17, 15) is 13.2 Å². The molecule has 5 nitrogen and oxygen atoms in total. The van der Waals surface area contributed by atoms with E-state index < -0.39 is 25.8 Å². The number of nitrogens with zero attached hydrogens (tertiary/aromatic N) is 2. The first-order valence-electron chi connectivity index (χ1n) is 10.2. The van der Waals surface area contributed by atoms with Crippen LogP contribution in [-0.4, -0.2) is 37.3 Å². The van der Waals surface area contributed by atoms with Crippen molar-refractivity contribution in [3.63, 3.8) is 0 Å². The smallest absolute Gasteiger partial charge is 0.268 e. The van der Waals surface area contributed by atoms with Crippen LogP contribution < -0.4 is 4.90 Å². The zero-order chi connectivity index (χ0) is 21.5. The highest BCUT2D eigenvalue weighted by atomic mass is 35.5. The Labute approximate surface area is 183 Å². The van der Waals surface area contributed by atoms with Gasteiger partial charge in [0.1, 0.15) is 0 Å². The van der Waals surface area contributed by atoms with Gasteiger partial charge in [0.05, 0.1) is 10.6 Å². The van der Waals surface area contributed by atoms with Gasteiger partial charge in [-0.15, -0.1) is 0 Å². The van der Waals surface area contributed by atoms with Crippen LogP contribution in [-0.2, 0) is 19.2 Å². The molecule has 1 aromatic rings. The lowest BCUT2D eigenvalue weighted by atomic mass is 9.80.